The highest BCUT2D eigenvalue weighted by molar-refractivity contribution is 7.98. The van der Waals surface area contributed by atoms with Crippen molar-refractivity contribution in [1.82, 2.24) is 5.32 Å². The number of nitrogens with one attached hydrogen (secondary N) is 1. The molecule has 3 nitrogen and oxygen atoms in total. The number of benzene rings is 1. The van der Waals surface area contributed by atoms with Gasteiger partial charge in [0.15, 0.2) is 6.61 Å². The van der Waals surface area contributed by atoms with E-state index in [1.165, 1.54) is 5.56 Å². The van der Waals surface area contributed by atoms with Crippen molar-refractivity contribution < 1.29 is 9.53 Å². The Morgan fingerprint density at radius 3 is 2.95 bits per heavy atom. The molecule has 1 aromatic heterocycles. The summed E-state index contributed by atoms with van der Waals surface area (Å²) in [4.78, 5) is 11.8. The molecule has 1 heterocycles. The molecule has 0 bridgehead atoms. The molecule has 22 heavy (non-hydrogen) atoms. The summed E-state index contributed by atoms with van der Waals surface area (Å²) in [6.45, 7) is 4.73. The van der Waals surface area contributed by atoms with Gasteiger partial charge in [-0.05, 0) is 53.4 Å². The van der Waals surface area contributed by atoms with E-state index in [9.17, 15) is 4.79 Å². The standard InChI is InChI=1S/C17H21NO2S2/c1-13-3-4-14(2)16(9-13)20-10-17(19)18-6-8-22-12-15-5-7-21-11-15/h3-5,7,9,11H,6,8,10,12H2,1-2H3,(H,18,19). The molecule has 0 radical (unpaired) electrons. The minimum absolute atomic E-state index is 0.0689. The van der Waals surface area contributed by atoms with Gasteiger partial charge < -0.3 is 10.1 Å². The van der Waals surface area contributed by atoms with Crippen LogP contribution in [0.2, 0.25) is 0 Å². The maximum Gasteiger partial charge on any atom is 0.257 e. The third kappa shape index (κ3) is 5.73. The first-order valence-electron chi connectivity index (χ1n) is 7.21. The number of carbonyl (C=O) groups excluding carboxylic acids is 1. The molecule has 0 aliphatic heterocycles. The number of hydrogen-bond donors (Lipinski definition) is 1. The number of hydrogen-bond acceptors (Lipinski definition) is 4. The first-order chi connectivity index (χ1) is 10.6. The average Bonchev–Trinajstić information content (AvgIpc) is 3.01. The van der Waals surface area contributed by atoms with Crippen LogP contribution >= 0.6 is 23.1 Å². The highest BCUT2D eigenvalue weighted by Gasteiger charge is 2.05. The summed E-state index contributed by atoms with van der Waals surface area (Å²) in [5.41, 5.74) is 3.52. The van der Waals surface area contributed by atoms with E-state index >= 15 is 0 Å². The monoisotopic (exact) mass is 335 g/mol. The van der Waals surface area contributed by atoms with E-state index in [-0.39, 0.29) is 12.5 Å². The number of thioether (sulfide) groups is 1. The number of carbonyl (C=O) groups is 1. The van der Waals surface area contributed by atoms with Crippen LogP contribution in [0.5, 0.6) is 5.75 Å². The van der Waals surface area contributed by atoms with Crippen molar-refractivity contribution in [2.45, 2.75) is 19.6 Å². The van der Waals surface area contributed by atoms with Gasteiger partial charge in [0.2, 0.25) is 0 Å². The fourth-order valence-corrected chi connectivity index (χ4v) is 3.46. The number of ether oxygens (including phenoxy) is 1. The summed E-state index contributed by atoms with van der Waals surface area (Å²) in [6.07, 6.45) is 0. The third-order valence-electron chi connectivity index (χ3n) is 3.12. The van der Waals surface area contributed by atoms with Crippen molar-refractivity contribution in [1.29, 1.82) is 0 Å². The topological polar surface area (TPSA) is 38.3 Å². The van der Waals surface area contributed by atoms with Crippen molar-refractivity contribution in [3.05, 3.63) is 51.7 Å². The van der Waals surface area contributed by atoms with E-state index in [4.69, 9.17) is 4.74 Å². The summed E-state index contributed by atoms with van der Waals surface area (Å²) >= 11 is 3.54. The molecule has 0 aliphatic carbocycles. The Balaban J connectivity index is 1.60. The van der Waals surface area contributed by atoms with E-state index in [0.29, 0.717) is 6.54 Å². The lowest BCUT2D eigenvalue weighted by molar-refractivity contribution is -0.122. The van der Waals surface area contributed by atoms with E-state index in [2.05, 4.69) is 22.1 Å². The first kappa shape index (κ1) is 16.9. The Morgan fingerprint density at radius 1 is 1.32 bits per heavy atom. The van der Waals surface area contributed by atoms with Crippen LogP contribution in [0.15, 0.2) is 35.0 Å². The zero-order valence-corrected chi connectivity index (χ0v) is 14.6. The molecule has 118 valence electrons. The van der Waals surface area contributed by atoms with Crippen LogP contribution in [-0.2, 0) is 10.5 Å². The summed E-state index contributed by atoms with van der Waals surface area (Å²) in [5.74, 6) is 2.61. The van der Waals surface area contributed by atoms with Crippen molar-refractivity contribution >= 4 is 29.0 Å². The number of amides is 1. The van der Waals surface area contributed by atoms with E-state index in [1.54, 1.807) is 11.3 Å². The Labute approximate surface area is 140 Å². The molecule has 0 saturated carbocycles. The molecule has 1 amide bonds. The molecule has 0 spiro atoms. The van der Waals surface area contributed by atoms with Crippen LogP contribution in [-0.4, -0.2) is 24.8 Å². The SMILES string of the molecule is Cc1ccc(C)c(OCC(=O)NCCSCc2ccsc2)c1. The average molecular weight is 335 g/mol. The van der Waals surface area contributed by atoms with E-state index < -0.39 is 0 Å². The van der Waals surface area contributed by atoms with Crippen LogP contribution in [0.25, 0.3) is 0 Å². The molecule has 0 aliphatic rings. The molecule has 0 fully saturated rings. The second kappa shape index (κ2) is 8.86. The van der Waals surface area contributed by atoms with Crippen LogP contribution < -0.4 is 10.1 Å². The van der Waals surface area contributed by atoms with Gasteiger partial charge in [-0.15, -0.1) is 0 Å². The lowest BCUT2D eigenvalue weighted by Crippen LogP contribution is -2.30. The maximum absolute atomic E-state index is 11.8. The molecule has 5 heteroatoms. The van der Waals surface area contributed by atoms with E-state index in [0.717, 1.165) is 28.4 Å². The minimum Gasteiger partial charge on any atom is -0.483 e. The van der Waals surface area contributed by atoms with Gasteiger partial charge in [-0.1, -0.05) is 12.1 Å². The van der Waals surface area contributed by atoms with Gasteiger partial charge in [0.1, 0.15) is 5.75 Å². The van der Waals surface area contributed by atoms with Crippen molar-refractivity contribution in [3.63, 3.8) is 0 Å². The van der Waals surface area contributed by atoms with Crippen LogP contribution in [0, 0.1) is 13.8 Å². The summed E-state index contributed by atoms with van der Waals surface area (Å²) in [6, 6.07) is 8.13. The predicted molar refractivity (Wildman–Crippen MR) is 94.9 cm³/mol. The molecule has 0 atom stereocenters. The van der Waals surface area contributed by atoms with Gasteiger partial charge in [-0.2, -0.15) is 23.1 Å². The van der Waals surface area contributed by atoms with Gasteiger partial charge in [-0.3, -0.25) is 4.79 Å². The van der Waals surface area contributed by atoms with Crippen LogP contribution in [0.1, 0.15) is 16.7 Å². The van der Waals surface area contributed by atoms with Gasteiger partial charge in [0.25, 0.3) is 5.91 Å². The third-order valence-corrected chi connectivity index (χ3v) is 4.88. The fraction of sp³-hybridized carbons (Fsp3) is 0.353. The van der Waals surface area contributed by atoms with Gasteiger partial charge in [0, 0.05) is 18.1 Å². The molecule has 1 N–H and O–H groups in total. The van der Waals surface area contributed by atoms with Crippen molar-refractivity contribution in [2.24, 2.45) is 0 Å². The highest BCUT2D eigenvalue weighted by Crippen LogP contribution is 2.18. The predicted octanol–water partition coefficient (Wildman–Crippen LogP) is 3.79. The van der Waals surface area contributed by atoms with Crippen molar-refractivity contribution in [3.8, 4) is 5.75 Å². The lowest BCUT2D eigenvalue weighted by atomic mass is 10.1. The molecular formula is C17H21NO2S2. The Morgan fingerprint density at radius 2 is 2.18 bits per heavy atom. The Kier molecular flexibility index (Phi) is 6.80. The zero-order chi connectivity index (χ0) is 15.8. The number of rotatable bonds is 8. The minimum atomic E-state index is -0.0722. The summed E-state index contributed by atoms with van der Waals surface area (Å²) in [7, 11) is 0. The zero-order valence-electron chi connectivity index (χ0n) is 12.9. The van der Waals surface area contributed by atoms with Gasteiger partial charge in [-0.25, -0.2) is 0 Å². The van der Waals surface area contributed by atoms with Crippen molar-refractivity contribution in [2.75, 3.05) is 18.9 Å². The lowest BCUT2D eigenvalue weighted by Gasteiger charge is -2.10. The smallest absolute Gasteiger partial charge is 0.257 e. The summed E-state index contributed by atoms with van der Waals surface area (Å²) < 4.78 is 5.58. The van der Waals surface area contributed by atoms with Crippen LogP contribution in [0.3, 0.4) is 0 Å². The number of thiophene rings is 1. The molecule has 2 rings (SSSR count). The molecule has 2 aromatic rings. The first-order valence-corrected chi connectivity index (χ1v) is 9.30. The second-order valence-corrected chi connectivity index (χ2v) is 6.98. The summed E-state index contributed by atoms with van der Waals surface area (Å²) in [5, 5.41) is 7.13. The molecule has 0 unspecified atom stereocenters. The second-order valence-electron chi connectivity index (χ2n) is 5.09. The number of aryl methyl sites for hydroxylation is 2. The molecule has 1 aromatic carbocycles. The molecular weight excluding hydrogens is 314 g/mol. The Bertz CT molecular complexity index is 597. The highest BCUT2D eigenvalue weighted by atomic mass is 32.2. The normalized spacial score (nSPS) is 10.5. The molecule has 0 saturated heterocycles. The van der Waals surface area contributed by atoms with Gasteiger partial charge >= 0.3 is 0 Å². The van der Waals surface area contributed by atoms with Crippen LogP contribution in [0.4, 0.5) is 0 Å². The van der Waals surface area contributed by atoms with E-state index in [1.807, 2.05) is 43.8 Å². The largest absolute Gasteiger partial charge is 0.483 e. The fourth-order valence-electron chi connectivity index (χ4n) is 1.88. The maximum atomic E-state index is 11.8. The Hall–Kier alpha value is -1.46. The van der Waals surface area contributed by atoms with Gasteiger partial charge in [0.05, 0.1) is 0 Å². The quantitative estimate of drug-likeness (QED) is 0.746.